The molecule has 188 valence electrons. The van der Waals surface area contributed by atoms with Crippen LogP contribution in [0.5, 0.6) is 0 Å². The Labute approximate surface area is 193 Å². The summed E-state index contributed by atoms with van der Waals surface area (Å²) in [6.45, 7) is 6.65. The van der Waals surface area contributed by atoms with Crippen molar-refractivity contribution in [1.29, 1.82) is 0 Å². The van der Waals surface area contributed by atoms with E-state index in [1.165, 1.54) is 13.8 Å². The number of aromatic nitrogens is 2. The summed E-state index contributed by atoms with van der Waals surface area (Å²) >= 11 is 0. The Balaban J connectivity index is 1.92. The van der Waals surface area contributed by atoms with Crippen molar-refractivity contribution in [3.05, 3.63) is 22.5 Å². The molecule has 0 bridgehead atoms. The molecule has 2 fully saturated rings. The van der Waals surface area contributed by atoms with Crippen molar-refractivity contribution in [2.45, 2.75) is 83.8 Å². The van der Waals surface area contributed by atoms with E-state index in [0.29, 0.717) is 0 Å². The number of hydrogen-bond donors (Lipinski definition) is 1. The molecule has 0 saturated carbocycles. The first-order chi connectivity index (χ1) is 15.9. The van der Waals surface area contributed by atoms with Crippen molar-refractivity contribution < 1.29 is 47.2 Å². The summed E-state index contributed by atoms with van der Waals surface area (Å²) in [5, 5.41) is 0. The number of carbonyl (C=O) groups is 3. The van der Waals surface area contributed by atoms with Crippen LogP contribution < -0.4 is 11.4 Å². The second-order valence-corrected chi connectivity index (χ2v) is 7.93. The molecule has 0 unspecified atom stereocenters. The van der Waals surface area contributed by atoms with E-state index in [2.05, 4.69) is 4.98 Å². The smallest absolute Gasteiger partial charge is 0.351 e. The number of nitrogen functional groups attached to an aromatic ring is 1. The minimum absolute atomic E-state index is 0.599. The van der Waals surface area contributed by atoms with Gasteiger partial charge >= 0.3 is 23.6 Å². The van der Waals surface area contributed by atoms with E-state index < -0.39 is 84.4 Å². The molecule has 2 N–H and O–H groups in total. The van der Waals surface area contributed by atoms with E-state index in [4.69, 9.17) is 34.2 Å². The van der Waals surface area contributed by atoms with Crippen LogP contribution in [0, 0.1) is 5.82 Å². The minimum Gasteiger partial charge on any atom is -0.456 e. The van der Waals surface area contributed by atoms with Crippen LogP contribution >= 0.6 is 0 Å². The molecule has 34 heavy (non-hydrogen) atoms. The Morgan fingerprint density at radius 3 is 2.06 bits per heavy atom. The van der Waals surface area contributed by atoms with Gasteiger partial charge in [-0.3, -0.25) is 19.0 Å². The molecule has 0 spiro atoms. The normalized spacial score (nSPS) is 32.9. The molecular weight excluding hydrogens is 461 g/mol. The highest BCUT2D eigenvalue weighted by Gasteiger charge is 2.54. The standard InChI is InChI=1S/C20H26FN3O10/c1-7-13(34-19-16(33-11(5)27)14(8(2)30-19)31-9(3)25)15(32-10(4)26)18(29-7)24-6-12(21)17(22)23-20(24)28/h6-8,13-16,18-19H,1-5H3,(H2,22,23,28)/t7-,8-,13-,14-,15-,16-,18-,19+/m1/s1. The highest BCUT2D eigenvalue weighted by molar-refractivity contribution is 5.67. The van der Waals surface area contributed by atoms with Gasteiger partial charge in [-0.1, -0.05) is 0 Å². The van der Waals surface area contributed by atoms with Crippen LogP contribution in [-0.4, -0.2) is 70.4 Å². The number of esters is 3. The van der Waals surface area contributed by atoms with E-state index >= 15 is 0 Å². The fourth-order valence-corrected chi connectivity index (χ4v) is 3.89. The Morgan fingerprint density at radius 2 is 1.47 bits per heavy atom. The second kappa shape index (κ2) is 10.0. The van der Waals surface area contributed by atoms with Crippen LogP contribution in [0.4, 0.5) is 10.2 Å². The monoisotopic (exact) mass is 487 g/mol. The van der Waals surface area contributed by atoms with Crippen LogP contribution in [0.2, 0.25) is 0 Å². The molecule has 1 aromatic heterocycles. The molecule has 3 heterocycles. The first kappa shape index (κ1) is 25.5. The number of rotatable bonds is 6. The van der Waals surface area contributed by atoms with Crippen LogP contribution in [0.3, 0.4) is 0 Å². The van der Waals surface area contributed by atoms with Gasteiger partial charge in [-0.25, -0.2) is 9.18 Å². The van der Waals surface area contributed by atoms with E-state index in [-0.39, 0.29) is 0 Å². The third-order valence-corrected chi connectivity index (χ3v) is 5.23. The lowest BCUT2D eigenvalue weighted by atomic mass is 10.1. The molecule has 2 aliphatic rings. The van der Waals surface area contributed by atoms with Crippen LogP contribution in [0.15, 0.2) is 11.0 Å². The molecule has 2 aliphatic heterocycles. The van der Waals surface area contributed by atoms with Gasteiger partial charge in [-0.2, -0.15) is 4.98 Å². The summed E-state index contributed by atoms with van der Waals surface area (Å²) < 4.78 is 48.2. The molecule has 0 aromatic carbocycles. The van der Waals surface area contributed by atoms with Crippen molar-refractivity contribution in [2.24, 2.45) is 0 Å². The lowest BCUT2D eigenvalue weighted by Crippen LogP contribution is -2.45. The van der Waals surface area contributed by atoms with Gasteiger partial charge in [-0.15, -0.1) is 0 Å². The summed E-state index contributed by atoms with van der Waals surface area (Å²) in [6, 6.07) is 0. The van der Waals surface area contributed by atoms with Gasteiger partial charge in [0.2, 0.25) is 0 Å². The van der Waals surface area contributed by atoms with Crippen molar-refractivity contribution in [3.63, 3.8) is 0 Å². The topological polar surface area (TPSA) is 168 Å². The maximum atomic E-state index is 14.0. The fraction of sp³-hybridized carbons (Fsp3) is 0.650. The number of halogens is 1. The average molecular weight is 487 g/mol. The lowest BCUT2D eigenvalue weighted by Gasteiger charge is -2.28. The van der Waals surface area contributed by atoms with Gasteiger partial charge in [0.1, 0.15) is 6.10 Å². The van der Waals surface area contributed by atoms with Gasteiger partial charge < -0.3 is 34.2 Å². The van der Waals surface area contributed by atoms with Crippen LogP contribution in [-0.2, 0) is 42.8 Å². The molecule has 8 atom stereocenters. The molecule has 14 heteroatoms. The van der Waals surface area contributed by atoms with Crippen molar-refractivity contribution in [3.8, 4) is 0 Å². The summed E-state index contributed by atoms with van der Waals surface area (Å²) in [4.78, 5) is 50.7. The first-order valence-electron chi connectivity index (χ1n) is 10.4. The largest absolute Gasteiger partial charge is 0.456 e. The summed E-state index contributed by atoms with van der Waals surface area (Å²) in [6.07, 6.45) is -7.71. The summed E-state index contributed by atoms with van der Waals surface area (Å²) in [7, 11) is 0. The Bertz CT molecular complexity index is 1020. The summed E-state index contributed by atoms with van der Waals surface area (Å²) in [5.41, 5.74) is 4.40. The van der Waals surface area contributed by atoms with Gasteiger partial charge in [0, 0.05) is 20.8 Å². The third-order valence-electron chi connectivity index (χ3n) is 5.23. The Kier molecular flexibility index (Phi) is 7.53. The number of carbonyl (C=O) groups excluding carboxylic acids is 3. The zero-order valence-electron chi connectivity index (χ0n) is 19.1. The third kappa shape index (κ3) is 5.34. The molecular formula is C20H26FN3O10. The summed E-state index contributed by atoms with van der Waals surface area (Å²) in [5.74, 6) is -3.60. The number of nitrogens with two attached hydrogens (primary N) is 1. The lowest BCUT2D eigenvalue weighted by molar-refractivity contribution is -0.220. The van der Waals surface area contributed by atoms with Crippen molar-refractivity contribution >= 4 is 23.7 Å². The first-order valence-corrected chi connectivity index (χ1v) is 10.4. The van der Waals surface area contributed by atoms with E-state index in [9.17, 15) is 23.6 Å². The zero-order valence-corrected chi connectivity index (χ0v) is 19.1. The molecule has 0 radical (unpaired) electrons. The number of ether oxygens (including phenoxy) is 6. The van der Waals surface area contributed by atoms with E-state index in [1.807, 2.05) is 0 Å². The molecule has 13 nitrogen and oxygen atoms in total. The minimum atomic E-state index is -1.31. The molecule has 2 saturated heterocycles. The van der Waals surface area contributed by atoms with Crippen molar-refractivity contribution in [2.75, 3.05) is 5.73 Å². The van der Waals surface area contributed by atoms with Gasteiger partial charge in [0.15, 0.2) is 42.5 Å². The van der Waals surface area contributed by atoms with Crippen LogP contribution in [0.25, 0.3) is 0 Å². The molecule has 0 aliphatic carbocycles. The predicted molar refractivity (Wildman–Crippen MR) is 108 cm³/mol. The van der Waals surface area contributed by atoms with Gasteiger partial charge in [0.05, 0.1) is 18.4 Å². The maximum absolute atomic E-state index is 14.0. The van der Waals surface area contributed by atoms with E-state index in [0.717, 1.165) is 17.7 Å². The maximum Gasteiger partial charge on any atom is 0.351 e. The molecule has 1 aromatic rings. The number of anilines is 1. The van der Waals surface area contributed by atoms with Crippen molar-refractivity contribution in [1.82, 2.24) is 9.55 Å². The zero-order chi connectivity index (χ0) is 25.3. The van der Waals surface area contributed by atoms with E-state index in [1.54, 1.807) is 13.8 Å². The fourth-order valence-electron chi connectivity index (χ4n) is 3.89. The van der Waals surface area contributed by atoms with Crippen LogP contribution in [0.1, 0.15) is 40.8 Å². The Morgan fingerprint density at radius 1 is 0.941 bits per heavy atom. The number of hydrogen-bond acceptors (Lipinski definition) is 12. The number of nitrogens with zero attached hydrogens (tertiary/aromatic N) is 2. The SMILES string of the molecule is CC(=O)O[C@@H]1[C@H](O[C@@H]2O[C@H](C)[C@@H](OC(C)=O)[C@H]2OC(C)=O)[C@@H](C)O[C@H]1n1cc(F)c(N)nc1=O. The quantitative estimate of drug-likeness (QED) is 0.415. The molecule has 3 rings (SSSR count). The second-order valence-electron chi connectivity index (χ2n) is 7.93. The Hall–Kier alpha value is -3.10. The average Bonchev–Trinajstić information content (AvgIpc) is 3.15. The van der Waals surface area contributed by atoms with Gasteiger partial charge in [-0.05, 0) is 13.8 Å². The highest BCUT2D eigenvalue weighted by atomic mass is 19.1. The highest BCUT2D eigenvalue weighted by Crippen LogP contribution is 2.37. The van der Waals surface area contributed by atoms with Gasteiger partial charge in [0.25, 0.3) is 0 Å². The predicted octanol–water partition coefficient (Wildman–Crippen LogP) is -0.193. The molecule has 0 amide bonds.